The second kappa shape index (κ2) is 4.67. The molecule has 2 aliphatic rings. The monoisotopic (exact) mass is 242 g/mol. The third-order valence-electron chi connectivity index (χ3n) is 3.41. The predicted molar refractivity (Wildman–Crippen MR) is 65.0 cm³/mol. The molecule has 16 heavy (non-hydrogen) atoms. The lowest BCUT2D eigenvalue weighted by atomic mass is 10.0. The van der Waals surface area contributed by atoms with Gasteiger partial charge in [0.25, 0.3) is 0 Å². The Morgan fingerprint density at radius 3 is 2.88 bits per heavy atom. The average Bonchev–Trinajstić information content (AvgIpc) is 2.84. The van der Waals surface area contributed by atoms with Crippen LogP contribution in [0.25, 0.3) is 0 Å². The topological polar surface area (TPSA) is 55.6 Å². The molecule has 0 aromatic carbocycles. The van der Waals surface area contributed by atoms with Crippen LogP contribution in [0.2, 0.25) is 0 Å². The Balaban J connectivity index is 2.01. The standard InChI is InChI=1S/C11H18N2O2S/c1-7-5-8(6-15-7)11(14)13-4-2-3-9(13)10(12)16/h7-9H,2-6H2,1H3,(H2,12,16). The molecule has 2 fully saturated rings. The van der Waals surface area contributed by atoms with Gasteiger partial charge in [-0.3, -0.25) is 4.79 Å². The molecule has 3 atom stereocenters. The van der Waals surface area contributed by atoms with Gasteiger partial charge in [-0.15, -0.1) is 0 Å². The summed E-state index contributed by atoms with van der Waals surface area (Å²) in [4.78, 5) is 14.5. The fourth-order valence-corrected chi connectivity index (χ4v) is 2.80. The fraction of sp³-hybridized carbons (Fsp3) is 0.818. The van der Waals surface area contributed by atoms with E-state index in [1.54, 1.807) is 0 Å². The molecule has 0 aromatic rings. The van der Waals surface area contributed by atoms with E-state index in [9.17, 15) is 4.79 Å². The lowest BCUT2D eigenvalue weighted by molar-refractivity contribution is -0.135. The number of ether oxygens (including phenoxy) is 1. The first kappa shape index (κ1) is 11.8. The van der Waals surface area contributed by atoms with Crippen molar-refractivity contribution in [2.45, 2.75) is 38.3 Å². The van der Waals surface area contributed by atoms with Gasteiger partial charge >= 0.3 is 0 Å². The van der Waals surface area contributed by atoms with Gasteiger partial charge in [0.15, 0.2) is 0 Å². The van der Waals surface area contributed by atoms with Crippen LogP contribution in [0.4, 0.5) is 0 Å². The number of likely N-dealkylation sites (tertiary alicyclic amines) is 1. The lowest BCUT2D eigenvalue weighted by Gasteiger charge is -2.26. The van der Waals surface area contributed by atoms with Crippen molar-refractivity contribution >= 4 is 23.1 Å². The van der Waals surface area contributed by atoms with Crippen LogP contribution in [0.1, 0.15) is 26.2 Å². The molecule has 90 valence electrons. The van der Waals surface area contributed by atoms with Gasteiger partial charge in [0, 0.05) is 6.54 Å². The number of amides is 1. The molecule has 2 rings (SSSR count). The molecule has 0 radical (unpaired) electrons. The van der Waals surface area contributed by atoms with Crippen LogP contribution in [-0.2, 0) is 9.53 Å². The van der Waals surface area contributed by atoms with Crippen molar-refractivity contribution < 1.29 is 9.53 Å². The van der Waals surface area contributed by atoms with Crippen LogP contribution in [-0.4, -0.2) is 41.1 Å². The highest BCUT2D eigenvalue weighted by Crippen LogP contribution is 2.26. The van der Waals surface area contributed by atoms with Crippen molar-refractivity contribution in [3.05, 3.63) is 0 Å². The van der Waals surface area contributed by atoms with Crippen molar-refractivity contribution in [1.82, 2.24) is 4.90 Å². The number of rotatable bonds is 2. The second-order valence-corrected chi connectivity index (χ2v) is 5.14. The van der Waals surface area contributed by atoms with E-state index >= 15 is 0 Å². The molecular formula is C11H18N2O2S. The zero-order valence-corrected chi connectivity index (χ0v) is 10.3. The third kappa shape index (κ3) is 2.20. The smallest absolute Gasteiger partial charge is 0.228 e. The minimum absolute atomic E-state index is 0.00458. The molecule has 2 N–H and O–H groups in total. The first-order valence-corrected chi connectivity index (χ1v) is 6.22. The number of carbonyl (C=O) groups excluding carboxylic acids is 1. The molecule has 0 aromatic heterocycles. The van der Waals surface area contributed by atoms with Gasteiger partial charge in [0.2, 0.25) is 5.91 Å². The van der Waals surface area contributed by atoms with E-state index < -0.39 is 0 Å². The van der Waals surface area contributed by atoms with Crippen LogP contribution in [0, 0.1) is 5.92 Å². The SMILES string of the molecule is CC1CC(C(=O)N2CCCC2C(N)=S)CO1. The van der Waals surface area contributed by atoms with E-state index in [1.807, 2.05) is 11.8 Å². The minimum Gasteiger partial charge on any atom is -0.392 e. The lowest BCUT2D eigenvalue weighted by Crippen LogP contribution is -2.45. The summed E-state index contributed by atoms with van der Waals surface area (Å²) in [6.45, 7) is 3.33. The highest BCUT2D eigenvalue weighted by Gasteiger charge is 2.37. The summed E-state index contributed by atoms with van der Waals surface area (Å²) in [6.07, 6.45) is 2.92. The molecule has 3 unspecified atom stereocenters. The maximum Gasteiger partial charge on any atom is 0.228 e. The van der Waals surface area contributed by atoms with Gasteiger partial charge in [-0.25, -0.2) is 0 Å². The Kier molecular flexibility index (Phi) is 3.44. The summed E-state index contributed by atoms with van der Waals surface area (Å²) in [6, 6.07) is -0.0293. The number of nitrogens with zero attached hydrogens (tertiary/aromatic N) is 1. The normalized spacial score (nSPS) is 34.3. The number of hydrogen-bond donors (Lipinski definition) is 1. The molecule has 2 heterocycles. The number of hydrogen-bond acceptors (Lipinski definition) is 3. The molecule has 5 heteroatoms. The summed E-state index contributed by atoms with van der Waals surface area (Å²) < 4.78 is 5.43. The van der Waals surface area contributed by atoms with Gasteiger partial charge in [-0.05, 0) is 26.2 Å². The maximum atomic E-state index is 12.2. The number of thiocarbonyl (C=S) groups is 1. The summed E-state index contributed by atoms with van der Waals surface area (Å²) in [5.74, 6) is 0.171. The summed E-state index contributed by atoms with van der Waals surface area (Å²) in [5, 5.41) is 0. The third-order valence-corrected chi connectivity index (χ3v) is 3.68. The Morgan fingerprint density at radius 1 is 1.56 bits per heavy atom. The average molecular weight is 242 g/mol. The first-order valence-electron chi connectivity index (χ1n) is 5.81. The van der Waals surface area contributed by atoms with E-state index in [1.165, 1.54) is 0 Å². The van der Waals surface area contributed by atoms with Crippen LogP contribution in [0.5, 0.6) is 0 Å². The molecule has 1 amide bonds. The zero-order chi connectivity index (χ0) is 11.7. The summed E-state index contributed by atoms with van der Waals surface area (Å²) >= 11 is 5.00. The first-order chi connectivity index (χ1) is 7.59. The molecule has 0 aliphatic carbocycles. The molecule has 0 spiro atoms. The van der Waals surface area contributed by atoms with Gasteiger partial charge in [-0.1, -0.05) is 12.2 Å². The molecule has 0 saturated carbocycles. The van der Waals surface area contributed by atoms with Gasteiger partial charge in [0.05, 0.1) is 29.7 Å². The molecule has 2 saturated heterocycles. The van der Waals surface area contributed by atoms with Crippen molar-refractivity contribution in [3.8, 4) is 0 Å². The summed E-state index contributed by atoms with van der Waals surface area (Å²) in [5.41, 5.74) is 5.66. The van der Waals surface area contributed by atoms with Gasteiger partial charge in [0.1, 0.15) is 0 Å². The van der Waals surface area contributed by atoms with Crippen LogP contribution in [0.15, 0.2) is 0 Å². The molecular weight excluding hydrogens is 224 g/mol. The summed E-state index contributed by atoms with van der Waals surface area (Å²) in [7, 11) is 0. The van der Waals surface area contributed by atoms with Crippen LogP contribution >= 0.6 is 12.2 Å². The van der Waals surface area contributed by atoms with Crippen LogP contribution in [0.3, 0.4) is 0 Å². The zero-order valence-electron chi connectivity index (χ0n) is 9.52. The number of nitrogens with two attached hydrogens (primary N) is 1. The van der Waals surface area contributed by atoms with E-state index in [-0.39, 0.29) is 24.0 Å². The van der Waals surface area contributed by atoms with E-state index in [4.69, 9.17) is 22.7 Å². The Morgan fingerprint density at radius 2 is 2.31 bits per heavy atom. The molecule has 2 aliphatic heterocycles. The van der Waals surface area contributed by atoms with Gasteiger partial charge in [-0.2, -0.15) is 0 Å². The largest absolute Gasteiger partial charge is 0.392 e. The predicted octanol–water partition coefficient (Wildman–Crippen LogP) is 0.689. The number of carbonyl (C=O) groups is 1. The second-order valence-electron chi connectivity index (χ2n) is 4.67. The van der Waals surface area contributed by atoms with Gasteiger partial charge < -0.3 is 15.4 Å². The van der Waals surface area contributed by atoms with Crippen LogP contribution < -0.4 is 5.73 Å². The minimum atomic E-state index is -0.0293. The van der Waals surface area contributed by atoms with Crippen molar-refractivity contribution in [3.63, 3.8) is 0 Å². The molecule has 0 bridgehead atoms. The fourth-order valence-electron chi connectivity index (χ4n) is 2.55. The quantitative estimate of drug-likeness (QED) is 0.724. The van der Waals surface area contributed by atoms with E-state index in [0.717, 1.165) is 25.8 Å². The Labute approximate surface area is 101 Å². The van der Waals surface area contributed by atoms with Crippen molar-refractivity contribution in [2.75, 3.05) is 13.2 Å². The Bertz CT molecular complexity index is 308. The Hall–Kier alpha value is -0.680. The highest BCUT2D eigenvalue weighted by molar-refractivity contribution is 7.80. The maximum absolute atomic E-state index is 12.2. The van der Waals surface area contributed by atoms with Crippen molar-refractivity contribution in [2.24, 2.45) is 11.7 Å². The molecule has 4 nitrogen and oxygen atoms in total. The van der Waals surface area contributed by atoms with Crippen molar-refractivity contribution in [1.29, 1.82) is 0 Å². The van der Waals surface area contributed by atoms with E-state index in [2.05, 4.69) is 0 Å². The van der Waals surface area contributed by atoms with E-state index in [0.29, 0.717) is 11.6 Å². The highest BCUT2D eigenvalue weighted by atomic mass is 32.1.